The highest BCUT2D eigenvalue weighted by molar-refractivity contribution is 5.17. The zero-order chi connectivity index (χ0) is 12.5. The molecular weight excluding hydrogens is 206 g/mol. The lowest BCUT2D eigenvalue weighted by Gasteiger charge is -2.18. The minimum Gasteiger partial charge on any atom is -0.316 e. The van der Waals surface area contributed by atoms with Gasteiger partial charge in [0, 0.05) is 0 Å². The van der Waals surface area contributed by atoms with E-state index < -0.39 is 0 Å². The summed E-state index contributed by atoms with van der Waals surface area (Å²) in [5, 5.41) is 3.66. The number of nitrogens with one attached hydrogen (secondary N) is 1. The van der Waals surface area contributed by atoms with Crippen LogP contribution in [0.3, 0.4) is 0 Å². The first-order chi connectivity index (χ1) is 8.04. The van der Waals surface area contributed by atoms with Crippen LogP contribution in [0, 0.1) is 22.7 Å². The molecule has 100 valence electrons. The van der Waals surface area contributed by atoms with Crippen LogP contribution < -0.4 is 5.32 Å². The van der Waals surface area contributed by atoms with Crippen molar-refractivity contribution in [1.29, 1.82) is 0 Å². The molecule has 0 amide bonds. The standard InChI is InChI=1S/C16H31N/c1-5-11-17-12-14-15(3,4)16(14)9-6-7-13(2)8-10-16/h13-14,17H,5-12H2,1-4H3. The molecule has 2 fully saturated rings. The SMILES string of the molecule is CCCNCC1C(C)(C)C12CCCC(C)CC2. The minimum absolute atomic E-state index is 0.595. The fourth-order valence-electron chi connectivity index (χ4n) is 4.47. The smallest absolute Gasteiger partial charge is 0.000968 e. The number of hydrogen-bond acceptors (Lipinski definition) is 1. The van der Waals surface area contributed by atoms with Crippen LogP contribution in [0.4, 0.5) is 0 Å². The lowest BCUT2D eigenvalue weighted by molar-refractivity contribution is 0.326. The largest absolute Gasteiger partial charge is 0.316 e. The van der Waals surface area contributed by atoms with Gasteiger partial charge in [0.15, 0.2) is 0 Å². The van der Waals surface area contributed by atoms with Gasteiger partial charge in [0.1, 0.15) is 0 Å². The van der Waals surface area contributed by atoms with Gasteiger partial charge in [-0.15, -0.1) is 0 Å². The van der Waals surface area contributed by atoms with E-state index in [4.69, 9.17) is 0 Å². The lowest BCUT2D eigenvalue weighted by atomic mass is 9.87. The number of hydrogen-bond donors (Lipinski definition) is 1. The summed E-state index contributed by atoms with van der Waals surface area (Å²) >= 11 is 0. The summed E-state index contributed by atoms with van der Waals surface area (Å²) in [5.41, 5.74) is 1.29. The van der Waals surface area contributed by atoms with Gasteiger partial charge in [-0.3, -0.25) is 0 Å². The summed E-state index contributed by atoms with van der Waals surface area (Å²) in [6, 6.07) is 0. The molecule has 0 aromatic heterocycles. The van der Waals surface area contributed by atoms with Gasteiger partial charge in [-0.25, -0.2) is 0 Å². The Morgan fingerprint density at radius 1 is 1.18 bits per heavy atom. The van der Waals surface area contributed by atoms with Gasteiger partial charge in [0.05, 0.1) is 0 Å². The zero-order valence-electron chi connectivity index (χ0n) is 12.3. The predicted molar refractivity (Wildman–Crippen MR) is 75.1 cm³/mol. The Morgan fingerprint density at radius 3 is 2.65 bits per heavy atom. The third-order valence-corrected chi connectivity index (χ3v) is 5.92. The van der Waals surface area contributed by atoms with Gasteiger partial charge in [0.25, 0.3) is 0 Å². The van der Waals surface area contributed by atoms with E-state index >= 15 is 0 Å². The summed E-state index contributed by atoms with van der Waals surface area (Å²) in [5.74, 6) is 1.90. The van der Waals surface area contributed by atoms with E-state index in [1.165, 1.54) is 51.6 Å². The molecule has 1 heteroatoms. The van der Waals surface area contributed by atoms with Crippen molar-refractivity contribution in [1.82, 2.24) is 5.32 Å². The highest BCUT2D eigenvalue weighted by atomic mass is 14.9. The fourth-order valence-corrected chi connectivity index (χ4v) is 4.47. The fraction of sp³-hybridized carbons (Fsp3) is 1.00. The molecule has 0 saturated heterocycles. The molecule has 0 aromatic carbocycles. The Bertz CT molecular complexity index is 258. The third-order valence-electron chi connectivity index (χ3n) is 5.92. The van der Waals surface area contributed by atoms with Crippen LogP contribution >= 0.6 is 0 Å². The van der Waals surface area contributed by atoms with Crippen LogP contribution in [0.1, 0.15) is 66.2 Å². The second-order valence-electron chi connectivity index (χ2n) is 7.17. The maximum atomic E-state index is 3.66. The van der Waals surface area contributed by atoms with Gasteiger partial charge in [-0.2, -0.15) is 0 Å². The summed E-state index contributed by atoms with van der Waals surface area (Å²) in [6.07, 6.45) is 8.63. The second-order valence-corrected chi connectivity index (χ2v) is 7.17. The van der Waals surface area contributed by atoms with Crippen molar-refractivity contribution in [3.63, 3.8) is 0 Å². The summed E-state index contributed by atoms with van der Waals surface area (Å²) in [7, 11) is 0. The highest BCUT2D eigenvalue weighted by Gasteiger charge is 2.68. The molecule has 0 aliphatic heterocycles. The van der Waals surface area contributed by atoms with Crippen molar-refractivity contribution in [3.05, 3.63) is 0 Å². The minimum atomic E-state index is 0.595. The Balaban J connectivity index is 1.95. The topological polar surface area (TPSA) is 12.0 Å². The van der Waals surface area contributed by atoms with Gasteiger partial charge in [-0.05, 0) is 55.0 Å². The van der Waals surface area contributed by atoms with Crippen LogP contribution in [0.5, 0.6) is 0 Å². The first kappa shape index (κ1) is 13.4. The van der Waals surface area contributed by atoms with Crippen LogP contribution in [-0.4, -0.2) is 13.1 Å². The molecule has 2 saturated carbocycles. The molecule has 1 nitrogen and oxygen atoms in total. The first-order valence-electron chi connectivity index (χ1n) is 7.75. The van der Waals surface area contributed by atoms with Crippen molar-refractivity contribution in [2.75, 3.05) is 13.1 Å². The maximum Gasteiger partial charge on any atom is -0.000968 e. The summed E-state index contributed by atoms with van der Waals surface area (Å²) < 4.78 is 0. The van der Waals surface area contributed by atoms with Gasteiger partial charge < -0.3 is 5.32 Å². The van der Waals surface area contributed by atoms with Gasteiger partial charge >= 0.3 is 0 Å². The molecule has 0 bridgehead atoms. The summed E-state index contributed by atoms with van der Waals surface area (Å²) in [4.78, 5) is 0. The first-order valence-corrected chi connectivity index (χ1v) is 7.75. The molecule has 1 N–H and O–H groups in total. The average molecular weight is 237 g/mol. The van der Waals surface area contributed by atoms with Crippen molar-refractivity contribution in [3.8, 4) is 0 Å². The van der Waals surface area contributed by atoms with Crippen molar-refractivity contribution < 1.29 is 0 Å². The molecule has 0 radical (unpaired) electrons. The van der Waals surface area contributed by atoms with E-state index in [0.717, 1.165) is 11.8 Å². The van der Waals surface area contributed by atoms with Crippen molar-refractivity contribution in [2.24, 2.45) is 22.7 Å². The van der Waals surface area contributed by atoms with E-state index in [9.17, 15) is 0 Å². The van der Waals surface area contributed by atoms with Crippen LogP contribution in [0.15, 0.2) is 0 Å². The van der Waals surface area contributed by atoms with Crippen molar-refractivity contribution in [2.45, 2.75) is 66.2 Å². The molecule has 2 aliphatic rings. The summed E-state index contributed by atoms with van der Waals surface area (Å²) in [6.45, 7) is 12.2. The average Bonchev–Trinajstić information content (AvgIpc) is 2.82. The predicted octanol–water partition coefficient (Wildman–Crippen LogP) is 4.23. The quantitative estimate of drug-likeness (QED) is 0.722. The molecule has 0 aromatic rings. The van der Waals surface area contributed by atoms with Crippen LogP contribution in [0.2, 0.25) is 0 Å². The Morgan fingerprint density at radius 2 is 1.94 bits per heavy atom. The van der Waals surface area contributed by atoms with E-state index in [-0.39, 0.29) is 0 Å². The molecule has 2 aliphatic carbocycles. The normalized spacial score (nSPS) is 40.2. The molecule has 2 rings (SSSR count). The van der Waals surface area contributed by atoms with E-state index in [1.54, 1.807) is 0 Å². The van der Waals surface area contributed by atoms with Crippen LogP contribution in [0.25, 0.3) is 0 Å². The second kappa shape index (κ2) is 4.91. The molecule has 1 spiro atoms. The molecule has 17 heavy (non-hydrogen) atoms. The van der Waals surface area contributed by atoms with Crippen LogP contribution in [-0.2, 0) is 0 Å². The molecule has 3 atom stereocenters. The molecule has 0 heterocycles. The van der Waals surface area contributed by atoms with Crippen molar-refractivity contribution >= 4 is 0 Å². The molecule has 3 unspecified atom stereocenters. The zero-order valence-corrected chi connectivity index (χ0v) is 12.3. The Kier molecular flexibility index (Phi) is 3.87. The van der Waals surface area contributed by atoms with Gasteiger partial charge in [0.2, 0.25) is 0 Å². The third kappa shape index (κ3) is 2.28. The van der Waals surface area contributed by atoms with E-state index in [2.05, 4.69) is 33.0 Å². The lowest BCUT2D eigenvalue weighted by Crippen LogP contribution is -2.20. The maximum absolute atomic E-state index is 3.66. The Hall–Kier alpha value is -0.0400. The molecular formula is C16H31N. The monoisotopic (exact) mass is 237 g/mol. The Labute approximate surface area is 108 Å². The van der Waals surface area contributed by atoms with E-state index in [1.807, 2.05) is 0 Å². The highest BCUT2D eigenvalue weighted by Crippen LogP contribution is 2.73. The van der Waals surface area contributed by atoms with E-state index in [0.29, 0.717) is 10.8 Å². The van der Waals surface area contributed by atoms with Gasteiger partial charge in [-0.1, -0.05) is 47.0 Å². The number of rotatable bonds is 4.